The van der Waals surface area contributed by atoms with E-state index in [-0.39, 0.29) is 24.4 Å². The third-order valence-electron chi connectivity index (χ3n) is 7.40. The van der Waals surface area contributed by atoms with Crippen LogP contribution in [0, 0.1) is 5.92 Å². The van der Waals surface area contributed by atoms with Crippen LogP contribution in [0.1, 0.15) is 58.8 Å². The zero-order valence-corrected chi connectivity index (χ0v) is 17.4. The molecule has 28 heavy (non-hydrogen) atoms. The number of hydrogen-bond acceptors (Lipinski definition) is 5. The number of imidazole rings is 1. The summed E-state index contributed by atoms with van der Waals surface area (Å²) in [5.74, 6) is 1.54. The van der Waals surface area contributed by atoms with Crippen molar-refractivity contribution in [2.24, 2.45) is 5.92 Å². The van der Waals surface area contributed by atoms with Gasteiger partial charge >= 0.3 is 14.2 Å². The molecule has 8 heteroatoms. The fraction of sp³-hybridized carbons (Fsp3) is 0.650. The van der Waals surface area contributed by atoms with E-state index < -0.39 is 7.05 Å². The van der Waals surface area contributed by atoms with Gasteiger partial charge in [0.2, 0.25) is 0 Å². The number of fused-ring (bicyclic) bond motifs is 3. The first-order valence-electron chi connectivity index (χ1n) is 10.5. The Labute approximate surface area is 167 Å². The van der Waals surface area contributed by atoms with Gasteiger partial charge in [-0.15, -0.1) is 0 Å². The molecule has 6 nitrogen and oxygen atoms in total. The molecule has 1 aromatic heterocycles. The number of benzene rings is 1. The van der Waals surface area contributed by atoms with Crippen LogP contribution in [0.15, 0.2) is 18.2 Å². The SMILES string of the molecule is CB(O)N1C2CCC(C2)[C@H]1c1nc2ccc(B3OC(C)(C)C(C)(C)O3)cc2[nH]1. The average molecular weight is 381 g/mol. The van der Waals surface area contributed by atoms with E-state index in [2.05, 4.69) is 43.6 Å². The predicted octanol–water partition coefficient (Wildman–Crippen LogP) is 2.50. The molecule has 2 aromatic rings. The molecule has 0 amide bonds. The zero-order valence-electron chi connectivity index (χ0n) is 17.4. The molecule has 3 fully saturated rings. The minimum Gasteiger partial charge on any atom is -0.437 e. The van der Waals surface area contributed by atoms with Crippen LogP contribution >= 0.6 is 0 Å². The number of nitrogens with one attached hydrogen (secondary N) is 1. The van der Waals surface area contributed by atoms with Crippen molar-refractivity contribution in [3.05, 3.63) is 24.0 Å². The lowest BCUT2D eigenvalue weighted by molar-refractivity contribution is 0.00578. The fourth-order valence-electron chi connectivity index (χ4n) is 5.23. The molecule has 0 spiro atoms. The number of aromatic amines is 1. The highest BCUT2D eigenvalue weighted by Gasteiger charge is 2.52. The quantitative estimate of drug-likeness (QED) is 0.800. The second-order valence-electron chi connectivity index (χ2n) is 9.74. The highest BCUT2D eigenvalue weighted by atomic mass is 16.7. The van der Waals surface area contributed by atoms with Crippen LogP contribution in [-0.2, 0) is 9.31 Å². The van der Waals surface area contributed by atoms with E-state index in [0.717, 1.165) is 28.7 Å². The number of hydrogen-bond donors (Lipinski definition) is 2. The molecule has 1 aliphatic carbocycles. The molecule has 148 valence electrons. The van der Waals surface area contributed by atoms with Gasteiger partial charge in [0.1, 0.15) is 5.82 Å². The minimum absolute atomic E-state index is 0.173. The molecule has 3 aliphatic rings. The van der Waals surface area contributed by atoms with Gasteiger partial charge in [0.25, 0.3) is 0 Å². The van der Waals surface area contributed by atoms with Gasteiger partial charge in [-0.25, -0.2) is 4.98 Å². The summed E-state index contributed by atoms with van der Waals surface area (Å²) >= 11 is 0. The summed E-state index contributed by atoms with van der Waals surface area (Å²) in [4.78, 5) is 10.7. The standard InChI is InChI=1S/C20H29B2N3O3/c1-19(2)20(3,4)28-22(27-19)13-7-9-15-16(11-13)24-18(23-15)17-12-6-8-14(10-12)25(17)21(5)26/h7,9,11-12,14,17,26H,6,8,10H2,1-5H3,(H,23,24)/t12?,14?,17-/m0/s1. The average Bonchev–Trinajstić information content (AvgIpc) is 3.35. The van der Waals surface area contributed by atoms with E-state index in [0.29, 0.717) is 12.0 Å². The van der Waals surface area contributed by atoms with E-state index in [1.165, 1.54) is 12.8 Å². The van der Waals surface area contributed by atoms with Crippen LogP contribution < -0.4 is 5.46 Å². The van der Waals surface area contributed by atoms with E-state index in [9.17, 15) is 5.02 Å². The maximum atomic E-state index is 10.3. The van der Waals surface area contributed by atoms with Crippen molar-refractivity contribution in [1.82, 2.24) is 14.8 Å². The summed E-state index contributed by atoms with van der Waals surface area (Å²) in [7, 11) is -0.827. The van der Waals surface area contributed by atoms with Crippen molar-refractivity contribution in [3.8, 4) is 0 Å². The molecule has 2 saturated heterocycles. The van der Waals surface area contributed by atoms with Crippen LogP contribution in [-0.4, -0.2) is 51.2 Å². The molecular formula is C20H29B2N3O3. The topological polar surface area (TPSA) is 70.6 Å². The lowest BCUT2D eigenvalue weighted by atomic mass is 9.79. The Morgan fingerprint density at radius 3 is 2.61 bits per heavy atom. The maximum absolute atomic E-state index is 10.3. The largest absolute Gasteiger partial charge is 0.494 e. The van der Waals surface area contributed by atoms with Crippen molar-refractivity contribution in [2.75, 3.05) is 0 Å². The Bertz CT molecular complexity index is 897. The lowest BCUT2D eigenvalue weighted by Gasteiger charge is -2.34. The summed E-state index contributed by atoms with van der Waals surface area (Å²) in [5, 5.41) is 10.3. The molecule has 3 heterocycles. The molecule has 3 atom stereocenters. The van der Waals surface area contributed by atoms with E-state index in [1.807, 2.05) is 19.0 Å². The van der Waals surface area contributed by atoms with Crippen LogP contribution in [0.25, 0.3) is 11.0 Å². The van der Waals surface area contributed by atoms with Gasteiger partial charge in [0.15, 0.2) is 0 Å². The Balaban J connectivity index is 1.47. The van der Waals surface area contributed by atoms with Gasteiger partial charge in [-0.05, 0) is 77.3 Å². The first-order chi connectivity index (χ1) is 13.2. The van der Waals surface area contributed by atoms with Crippen molar-refractivity contribution < 1.29 is 14.3 Å². The molecule has 2 aliphatic heterocycles. The normalized spacial score (nSPS) is 31.2. The molecule has 5 rings (SSSR count). The Hall–Kier alpha value is -1.34. The van der Waals surface area contributed by atoms with Gasteiger partial charge < -0.3 is 24.1 Å². The molecule has 1 aromatic carbocycles. The first-order valence-corrected chi connectivity index (χ1v) is 10.5. The van der Waals surface area contributed by atoms with Gasteiger partial charge in [0.05, 0.1) is 28.3 Å². The van der Waals surface area contributed by atoms with Gasteiger partial charge in [-0.2, -0.15) is 0 Å². The minimum atomic E-state index is -0.450. The summed E-state index contributed by atoms with van der Waals surface area (Å²) < 4.78 is 12.4. The third kappa shape index (κ3) is 2.69. The van der Waals surface area contributed by atoms with E-state index >= 15 is 0 Å². The second kappa shape index (κ2) is 6.08. The van der Waals surface area contributed by atoms with Crippen LogP contribution in [0.3, 0.4) is 0 Å². The summed E-state index contributed by atoms with van der Waals surface area (Å²) in [6.45, 7) is 10.1. The maximum Gasteiger partial charge on any atom is 0.494 e. The zero-order chi connectivity index (χ0) is 19.8. The van der Waals surface area contributed by atoms with E-state index in [4.69, 9.17) is 14.3 Å². The molecular weight excluding hydrogens is 352 g/mol. The Kier molecular flexibility index (Phi) is 4.05. The smallest absolute Gasteiger partial charge is 0.437 e. The van der Waals surface area contributed by atoms with E-state index in [1.54, 1.807) is 0 Å². The molecule has 0 radical (unpaired) electrons. The van der Waals surface area contributed by atoms with Crippen LogP contribution in [0.2, 0.25) is 6.82 Å². The molecule has 2 bridgehead atoms. The van der Waals surface area contributed by atoms with Gasteiger partial charge in [-0.1, -0.05) is 6.07 Å². The monoisotopic (exact) mass is 381 g/mol. The summed E-state index contributed by atoms with van der Waals surface area (Å²) in [6.07, 6.45) is 3.55. The first kappa shape index (κ1) is 18.7. The lowest BCUT2D eigenvalue weighted by Crippen LogP contribution is -2.44. The van der Waals surface area contributed by atoms with Crippen molar-refractivity contribution in [2.45, 2.75) is 77.1 Å². The third-order valence-corrected chi connectivity index (χ3v) is 7.40. The van der Waals surface area contributed by atoms with Crippen LogP contribution in [0.5, 0.6) is 0 Å². The number of nitrogens with zero attached hydrogens (tertiary/aromatic N) is 2. The highest BCUT2D eigenvalue weighted by Crippen LogP contribution is 2.49. The highest BCUT2D eigenvalue weighted by molar-refractivity contribution is 6.62. The summed E-state index contributed by atoms with van der Waals surface area (Å²) in [6, 6.07) is 6.82. The number of piperidine rings is 1. The van der Waals surface area contributed by atoms with Crippen molar-refractivity contribution in [3.63, 3.8) is 0 Å². The fourth-order valence-corrected chi connectivity index (χ4v) is 5.23. The number of rotatable bonds is 3. The van der Waals surface area contributed by atoms with Crippen molar-refractivity contribution >= 4 is 30.7 Å². The van der Waals surface area contributed by atoms with Gasteiger partial charge in [0, 0.05) is 6.04 Å². The second-order valence-corrected chi connectivity index (χ2v) is 9.74. The number of aromatic nitrogens is 2. The molecule has 1 saturated carbocycles. The number of H-pyrrole nitrogens is 1. The predicted molar refractivity (Wildman–Crippen MR) is 111 cm³/mol. The van der Waals surface area contributed by atoms with Crippen molar-refractivity contribution in [1.29, 1.82) is 0 Å². The molecule has 2 unspecified atom stereocenters. The summed E-state index contributed by atoms with van der Waals surface area (Å²) in [5.41, 5.74) is 2.24. The Morgan fingerprint density at radius 1 is 1.21 bits per heavy atom. The Morgan fingerprint density at radius 2 is 1.93 bits per heavy atom. The molecule has 2 N–H and O–H groups in total. The van der Waals surface area contributed by atoms with Crippen LogP contribution in [0.4, 0.5) is 0 Å². The van der Waals surface area contributed by atoms with Gasteiger partial charge in [-0.3, -0.25) is 0 Å².